The highest BCUT2D eigenvalue weighted by atomic mass is 79.9. The lowest BCUT2D eigenvalue weighted by atomic mass is 10.1. The Morgan fingerprint density at radius 1 is 1.09 bits per heavy atom. The summed E-state index contributed by atoms with van der Waals surface area (Å²) in [5.74, 6) is -0.0579. The van der Waals surface area contributed by atoms with Crippen molar-refractivity contribution in [1.82, 2.24) is 20.2 Å². The third-order valence-electron chi connectivity index (χ3n) is 3.04. The molecule has 1 N–H and O–H groups in total. The molecule has 2 aromatic carbocycles. The molecule has 0 fully saturated rings. The maximum atomic E-state index is 12.0. The number of carbonyl (C=O) groups excluding carboxylic acids is 1. The molecule has 0 spiro atoms. The van der Waals surface area contributed by atoms with Crippen LogP contribution in [-0.4, -0.2) is 26.1 Å². The summed E-state index contributed by atoms with van der Waals surface area (Å²) in [6, 6.07) is 15.0. The monoisotopic (exact) mass is 357 g/mol. The zero-order valence-electron chi connectivity index (χ0n) is 11.5. The molecule has 0 aliphatic rings. The molecule has 0 atom stereocenters. The molecule has 0 bridgehead atoms. The van der Waals surface area contributed by atoms with Crippen LogP contribution in [0, 0.1) is 0 Å². The van der Waals surface area contributed by atoms with Gasteiger partial charge in [0.25, 0.3) is 0 Å². The highest BCUT2D eigenvalue weighted by Crippen LogP contribution is 2.14. The maximum Gasteiger partial charge on any atom is 0.228 e. The second-order valence-corrected chi connectivity index (χ2v) is 5.57. The van der Waals surface area contributed by atoms with Crippen molar-refractivity contribution < 1.29 is 4.79 Å². The SMILES string of the molecule is O=C(Cc1ccc(Br)cc1)Nc1ccc(-n2cnnn2)cc1. The number of benzene rings is 2. The number of aromatic nitrogens is 4. The van der Waals surface area contributed by atoms with Gasteiger partial charge < -0.3 is 5.32 Å². The Morgan fingerprint density at radius 3 is 2.45 bits per heavy atom. The Hall–Kier alpha value is -2.54. The zero-order chi connectivity index (χ0) is 15.4. The molecule has 0 saturated heterocycles. The topological polar surface area (TPSA) is 72.7 Å². The molecular weight excluding hydrogens is 346 g/mol. The molecule has 22 heavy (non-hydrogen) atoms. The summed E-state index contributed by atoms with van der Waals surface area (Å²) in [5, 5.41) is 13.8. The van der Waals surface area contributed by atoms with Gasteiger partial charge in [-0.25, -0.2) is 4.68 Å². The van der Waals surface area contributed by atoms with Crippen molar-refractivity contribution in [2.75, 3.05) is 5.32 Å². The lowest BCUT2D eigenvalue weighted by molar-refractivity contribution is -0.115. The summed E-state index contributed by atoms with van der Waals surface area (Å²) >= 11 is 3.37. The van der Waals surface area contributed by atoms with Gasteiger partial charge in [0.05, 0.1) is 12.1 Å². The molecule has 1 heterocycles. The molecule has 3 aromatic rings. The van der Waals surface area contributed by atoms with E-state index in [1.807, 2.05) is 48.5 Å². The number of hydrogen-bond donors (Lipinski definition) is 1. The molecule has 0 aliphatic heterocycles. The summed E-state index contributed by atoms with van der Waals surface area (Å²) in [4.78, 5) is 12.0. The van der Waals surface area contributed by atoms with Gasteiger partial charge >= 0.3 is 0 Å². The van der Waals surface area contributed by atoms with E-state index >= 15 is 0 Å². The molecule has 0 radical (unpaired) electrons. The predicted molar refractivity (Wildman–Crippen MR) is 85.6 cm³/mol. The van der Waals surface area contributed by atoms with E-state index in [0.717, 1.165) is 21.4 Å². The van der Waals surface area contributed by atoms with E-state index in [4.69, 9.17) is 0 Å². The number of carbonyl (C=O) groups is 1. The molecule has 3 rings (SSSR count). The van der Waals surface area contributed by atoms with Crippen LogP contribution in [0.2, 0.25) is 0 Å². The Bertz CT molecular complexity index is 754. The van der Waals surface area contributed by atoms with Crippen LogP contribution in [0.4, 0.5) is 5.69 Å². The fourth-order valence-electron chi connectivity index (χ4n) is 1.97. The first kappa shape index (κ1) is 14.4. The van der Waals surface area contributed by atoms with Crippen LogP contribution in [-0.2, 0) is 11.2 Å². The van der Waals surface area contributed by atoms with Crippen molar-refractivity contribution in [3.05, 3.63) is 64.9 Å². The standard InChI is InChI=1S/C15H12BrN5O/c16-12-3-1-11(2-4-12)9-15(22)18-13-5-7-14(8-6-13)21-10-17-19-20-21/h1-8,10H,9H2,(H,18,22). The van der Waals surface area contributed by atoms with Gasteiger partial charge in [0.1, 0.15) is 6.33 Å². The van der Waals surface area contributed by atoms with Crippen molar-refractivity contribution in [1.29, 1.82) is 0 Å². The zero-order valence-corrected chi connectivity index (χ0v) is 13.1. The Kier molecular flexibility index (Phi) is 4.24. The predicted octanol–water partition coefficient (Wildman–Crippen LogP) is 2.61. The molecule has 1 amide bonds. The van der Waals surface area contributed by atoms with Crippen molar-refractivity contribution in [2.24, 2.45) is 0 Å². The number of hydrogen-bond acceptors (Lipinski definition) is 4. The number of amides is 1. The van der Waals surface area contributed by atoms with E-state index in [1.165, 1.54) is 6.33 Å². The van der Waals surface area contributed by atoms with E-state index in [1.54, 1.807) is 4.68 Å². The fourth-order valence-corrected chi connectivity index (χ4v) is 2.23. The lowest BCUT2D eigenvalue weighted by Gasteiger charge is -2.06. The molecule has 0 saturated carbocycles. The average Bonchev–Trinajstić information content (AvgIpc) is 3.05. The summed E-state index contributed by atoms with van der Waals surface area (Å²) in [5.41, 5.74) is 2.53. The van der Waals surface area contributed by atoms with E-state index in [2.05, 4.69) is 36.8 Å². The minimum Gasteiger partial charge on any atom is -0.326 e. The largest absolute Gasteiger partial charge is 0.326 e. The molecule has 0 aliphatic carbocycles. The van der Waals surface area contributed by atoms with Gasteiger partial charge in [0.2, 0.25) is 5.91 Å². The normalized spacial score (nSPS) is 10.4. The molecular formula is C15H12BrN5O. The summed E-state index contributed by atoms with van der Waals surface area (Å²) in [6.45, 7) is 0. The van der Waals surface area contributed by atoms with Gasteiger partial charge in [-0.05, 0) is 52.4 Å². The Morgan fingerprint density at radius 2 is 1.82 bits per heavy atom. The van der Waals surface area contributed by atoms with Crippen molar-refractivity contribution in [2.45, 2.75) is 6.42 Å². The lowest BCUT2D eigenvalue weighted by Crippen LogP contribution is -2.14. The summed E-state index contributed by atoms with van der Waals surface area (Å²) in [6.07, 6.45) is 1.85. The molecule has 6 nitrogen and oxygen atoms in total. The number of nitrogens with zero attached hydrogens (tertiary/aromatic N) is 4. The maximum absolute atomic E-state index is 12.0. The minimum absolute atomic E-state index is 0.0579. The Labute approximate surface area is 135 Å². The van der Waals surface area contributed by atoms with E-state index < -0.39 is 0 Å². The third kappa shape index (κ3) is 3.56. The van der Waals surface area contributed by atoms with Crippen LogP contribution in [0.3, 0.4) is 0 Å². The number of tetrazole rings is 1. The van der Waals surface area contributed by atoms with E-state index in [0.29, 0.717) is 6.42 Å². The van der Waals surface area contributed by atoms with Crippen molar-refractivity contribution in [3.63, 3.8) is 0 Å². The Balaban J connectivity index is 1.63. The van der Waals surface area contributed by atoms with Crippen LogP contribution in [0.25, 0.3) is 5.69 Å². The average molecular weight is 358 g/mol. The van der Waals surface area contributed by atoms with Crippen LogP contribution in [0.1, 0.15) is 5.56 Å². The second-order valence-electron chi connectivity index (χ2n) is 4.65. The number of halogens is 1. The van der Waals surface area contributed by atoms with Crippen molar-refractivity contribution in [3.8, 4) is 5.69 Å². The first-order chi connectivity index (χ1) is 10.7. The highest BCUT2D eigenvalue weighted by Gasteiger charge is 2.05. The first-order valence-corrected chi connectivity index (χ1v) is 7.38. The van der Waals surface area contributed by atoms with E-state index in [-0.39, 0.29) is 5.91 Å². The molecule has 1 aromatic heterocycles. The van der Waals surface area contributed by atoms with Crippen LogP contribution in [0.5, 0.6) is 0 Å². The van der Waals surface area contributed by atoms with Gasteiger partial charge in [0, 0.05) is 10.2 Å². The van der Waals surface area contributed by atoms with E-state index in [9.17, 15) is 4.79 Å². The van der Waals surface area contributed by atoms with Gasteiger partial charge in [-0.15, -0.1) is 5.10 Å². The molecule has 0 unspecified atom stereocenters. The number of anilines is 1. The minimum atomic E-state index is -0.0579. The molecule has 110 valence electrons. The van der Waals surface area contributed by atoms with Crippen LogP contribution >= 0.6 is 15.9 Å². The highest BCUT2D eigenvalue weighted by molar-refractivity contribution is 9.10. The summed E-state index contributed by atoms with van der Waals surface area (Å²) < 4.78 is 2.54. The fraction of sp³-hybridized carbons (Fsp3) is 0.0667. The van der Waals surface area contributed by atoms with Gasteiger partial charge in [-0.1, -0.05) is 28.1 Å². The summed E-state index contributed by atoms with van der Waals surface area (Å²) in [7, 11) is 0. The van der Waals surface area contributed by atoms with Gasteiger partial charge in [-0.3, -0.25) is 4.79 Å². The third-order valence-corrected chi connectivity index (χ3v) is 3.57. The first-order valence-electron chi connectivity index (χ1n) is 6.58. The van der Waals surface area contributed by atoms with Crippen LogP contribution in [0.15, 0.2) is 59.3 Å². The quantitative estimate of drug-likeness (QED) is 0.778. The van der Waals surface area contributed by atoms with Crippen molar-refractivity contribution >= 4 is 27.5 Å². The van der Waals surface area contributed by atoms with Crippen LogP contribution < -0.4 is 5.32 Å². The number of nitrogens with one attached hydrogen (secondary N) is 1. The smallest absolute Gasteiger partial charge is 0.228 e. The number of rotatable bonds is 4. The molecule has 7 heteroatoms. The van der Waals surface area contributed by atoms with Gasteiger partial charge in [0.15, 0.2) is 0 Å². The second kappa shape index (κ2) is 6.48. The van der Waals surface area contributed by atoms with Gasteiger partial charge in [-0.2, -0.15) is 0 Å².